The number of nitrogens with zero attached hydrogens (tertiary/aromatic N) is 1. The van der Waals surface area contributed by atoms with Crippen LogP contribution in [0.2, 0.25) is 0 Å². The molecule has 0 aromatic carbocycles. The zero-order valence-corrected chi connectivity index (χ0v) is 11.5. The molecule has 1 N–H and O–H groups in total. The number of nitrogens with one attached hydrogen (secondary N) is 1. The smallest absolute Gasteiger partial charge is 0.428 e. The summed E-state index contributed by atoms with van der Waals surface area (Å²) in [6, 6.07) is 0. The quantitative estimate of drug-likeness (QED) is 0.582. The van der Waals surface area contributed by atoms with Crippen molar-refractivity contribution in [3.05, 3.63) is 0 Å². The van der Waals surface area contributed by atoms with Gasteiger partial charge >= 0.3 is 6.09 Å². The molecule has 4 heteroatoms. The number of rotatable bonds is 2. The van der Waals surface area contributed by atoms with Crippen molar-refractivity contribution in [2.24, 2.45) is 10.5 Å². The number of hydrogen-bond donors (Lipinski definition) is 1. The largest absolute Gasteiger partial charge is 0.443 e. The SMILES string of the molecule is CC/C(=N\NC(=O)OC(C)(C)C)C(C)(C)C. The summed E-state index contributed by atoms with van der Waals surface area (Å²) in [7, 11) is 0. The van der Waals surface area contributed by atoms with Crippen LogP contribution in [0.25, 0.3) is 0 Å². The topological polar surface area (TPSA) is 50.7 Å². The van der Waals surface area contributed by atoms with Gasteiger partial charge in [-0.15, -0.1) is 0 Å². The molecule has 0 radical (unpaired) electrons. The molecule has 0 aromatic rings. The summed E-state index contributed by atoms with van der Waals surface area (Å²) in [5.74, 6) is 0. The summed E-state index contributed by atoms with van der Waals surface area (Å²) in [5, 5.41) is 4.09. The second kappa shape index (κ2) is 5.32. The van der Waals surface area contributed by atoms with Gasteiger partial charge in [0.25, 0.3) is 0 Å². The molecule has 0 aliphatic heterocycles. The Bertz CT molecular complexity index is 270. The first kappa shape index (κ1) is 14.9. The maximum Gasteiger partial charge on any atom is 0.428 e. The molecular formula is C12H24N2O2. The third-order valence-corrected chi connectivity index (χ3v) is 1.88. The van der Waals surface area contributed by atoms with Crippen molar-refractivity contribution in [3.63, 3.8) is 0 Å². The van der Waals surface area contributed by atoms with Gasteiger partial charge in [0, 0.05) is 11.1 Å². The van der Waals surface area contributed by atoms with Crippen LogP contribution in [0.1, 0.15) is 54.9 Å². The number of carbonyl (C=O) groups is 1. The Morgan fingerprint density at radius 3 is 2.00 bits per heavy atom. The van der Waals surface area contributed by atoms with Crippen LogP contribution >= 0.6 is 0 Å². The standard InChI is InChI=1S/C12H24N2O2/c1-8-9(11(2,3)4)13-14-10(15)16-12(5,6)7/h8H2,1-7H3,(H,14,15)/b13-9+. The predicted molar refractivity (Wildman–Crippen MR) is 66.6 cm³/mol. The second-order valence-electron chi connectivity index (χ2n) is 5.78. The van der Waals surface area contributed by atoms with E-state index < -0.39 is 11.7 Å². The molecule has 0 saturated heterocycles. The maximum absolute atomic E-state index is 11.4. The number of hydrogen-bond acceptors (Lipinski definition) is 3. The normalized spacial score (nSPS) is 13.6. The molecule has 0 bridgehead atoms. The van der Waals surface area contributed by atoms with Gasteiger partial charge < -0.3 is 4.74 Å². The highest BCUT2D eigenvalue weighted by atomic mass is 16.6. The Balaban J connectivity index is 4.41. The van der Waals surface area contributed by atoms with Crippen LogP contribution in [0.3, 0.4) is 0 Å². The molecule has 0 heterocycles. The monoisotopic (exact) mass is 228 g/mol. The van der Waals surface area contributed by atoms with Crippen LogP contribution in [-0.2, 0) is 4.74 Å². The van der Waals surface area contributed by atoms with Gasteiger partial charge in [-0.25, -0.2) is 10.2 Å². The first-order valence-corrected chi connectivity index (χ1v) is 5.62. The van der Waals surface area contributed by atoms with Crippen molar-refractivity contribution in [1.82, 2.24) is 5.43 Å². The minimum atomic E-state index is -0.511. The highest BCUT2D eigenvalue weighted by molar-refractivity contribution is 5.89. The maximum atomic E-state index is 11.4. The van der Waals surface area contributed by atoms with E-state index in [2.05, 4.69) is 31.3 Å². The Hall–Kier alpha value is -1.06. The lowest BCUT2D eigenvalue weighted by molar-refractivity contribution is 0.0528. The van der Waals surface area contributed by atoms with E-state index in [0.717, 1.165) is 12.1 Å². The fourth-order valence-corrected chi connectivity index (χ4v) is 1.19. The predicted octanol–water partition coefficient (Wildman–Crippen LogP) is 3.32. The minimum absolute atomic E-state index is 0.0379. The Labute approximate surface area is 98.4 Å². The first-order valence-electron chi connectivity index (χ1n) is 5.62. The number of amides is 1. The molecule has 0 saturated carbocycles. The molecule has 0 spiro atoms. The lowest BCUT2D eigenvalue weighted by atomic mass is 9.88. The van der Waals surface area contributed by atoms with Gasteiger partial charge in [0.05, 0.1) is 0 Å². The van der Waals surface area contributed by atoms with Gasteiger partial charge in [0.2, 0.25) is 0 Å². The van der Waals surface area contributed by atoms with E-state index in [0.29, 0.717) is 0 Å². The molecule has 0 atom stereocenters. The molecule has 0 aliphatic carbocycles. The molecule has 1 amide bonds. The molecule has 0 aliphatic rings. The van der Waals surface area contributed by atoms with E-state index in [4.69, 9.17) is 4.74 Å². The summed E-state index contributed by atoms with van der Waals surface area (Å²) in [5.41, 5.74) is 2.84. The van der Waals surface area contributed by atoms with E-state index in [1.54, 1.807) is 0 Å². The molecule has 94 valence electrons. The third kappa shape index (κ3) is 6.43. The van der Waals surface area contributed by atoms with Gasteiger partial charge in [0.1, 0.15) is 5.60 Å². The van der Waals surface area contributed by atoms with Gasteiger partial charge in [-0.2, -0.15) is 5.10 Å². The van der Waals surface area contributed by atoms with E-state index >= 15 is 0 Å². The summed E-state index contributed by atoms with van der Waals surface area (Å²) >= 11 is 0. The molecule has 0 rings (SSSR count). The minimum Gasteiger partial charge on any atom is -0.443 e. The average Bonchev–Trinajstić information content (AvgIpc) is 1.98. The molecule has 16 heavy (non-hydrogen) atoms. The number of ether oxygens (including phenoxy) is 1. The lowest BCUT2D eigenvalue weighted by Crippen LogP contribution is -2.32. The van der Waals surface area contributed by atoms with Crippen molar-refractivity contribution in [2.45, 2.75) is 60.5 Å². The molecular weight excluding hydrogens is 204 g/mol. The molecule has 0 aromatic heterocycles. The van der Waals surface area contributed by atoms with E-state index in [9.17, 15) is 4.79 Å². The average molecular weight is 228 g/mol. The second-order valence-corrected chi connectivity index (χ2v) is 5.78. The zero-order chi connectivity index (χ0) is 13.0. The zero-order valence-electron chi connectivity index (χ0n) is 11.5. The molecule has 4 nitrogen and oxygen atoms in total. The lowest BCUT2D eigenvalue weighted by Gasteiger charge is -2.21. The fourth-order valence-electron chi connectivity index (χ4n) is 1.19. The van der Waals surface area contributed by atoms with Crippen LogP contribution in [0.4, 0.5) is 4.79 Å². The molecule has 0 fully saturated rings. The Kier molecular flexibility index (Phi) is 4.97. The van der Waals surface area contributed by atoms with Crippen molar-refractivity contribution < 1.29 is 9.53 Å². The van der Waals surface area contributed by atoms with Crippen LogP contribution in [0.15, 0.2) is 5.10 Å². The summed E-state index contributed by atoms with van der Waals surface area (Å²) in [6.07, 6.45) is 0.293. The fraction of sp³-hybridized carbons (Fsp3) is 0.833. The van der Waals surface area contributed by atoms with Crippen molar-refractivity contribution in [3.8, 4) is 0 Å². The first-order chi connectivity index (χ1) is 7.06. The third-order valence-electron chi connectivity index (χ3n) is 1.88. The van der Waals surface area contributed by atoms with Gasteiger partial charge in [-0.05, 0) is 27.2 Å². The van der Waals surface area contributed by atoms with Crippen LogP contribution in [-0.4, -0.2) is 17.4 Å². The van der Waals surface area contributed by atoms with Gasteiger partial charge in [-0.1, -0.05) is 27.7 Å². The summed E-state index contributed by atoms with van der Waals surface area (Å²) in [6.45, 7) is 13.7. The molecule has 0 unspecified atom stereocenters. The van der Waals surface area contributed by atoms with Crippen molar-refractivity contribution >= 4 is 11.8 Å². The highest BCUT2D eigenvalue weighted by Crippen LogP contribution is 2.17. The Morgan fingerprint density at radius 2 is 1.69 bits per heavy atom. The Morgan fingerprint density at radius 1 is 1.19 bits per heavy atom. The van der Waals surface area contributed by atoms with E-state index in [-0.39, 0.29) is 5.41 Å². The van der Waals surface area contributed by atoms with Gasteiger partial charge in [-0.3, -0.25) is 0 Å². The highest BCUT2D eigenvalue weighted by Gasteiger charge is 2.19. The van der Waals surface area contributed by atoms with Crippen LogP contribution in [0, 0.1) is 5.41 Å². The number of carbonyl (C=O) groups excluding carboxylic acids is 1. The van der Waals surface area contributed by atoms with Crippen molar-refractivity contribution in [2.75, 3.05) is 0 Å². The summed E-state index contributed by atoms with van der Waals surface area (Å²) < 4.78 is 5.09. The van der Waals surface area contributed by atoms with Crippen LogP contribution in [0.5, 0.6) is 0 Å². The van der Waals surface area contributed by atoms with E-state index in [1.165, 1.54) is 0 Å². The van der Waals surface area contributed by atoms with E-state index in [1.807, 2.05) is 27.7 Å². The number of hydrazone groups is 1. The van der Waals surface area contributed by atoms with Crippen molar-refractivity contribution in [1.29, 1.82) is 0 Å². The summed E-state index contributed by atoms with van der Waals surface area (Å²) in [4.78, 5) is 11.4. The van der Waals surface area contributed by atoms with Crippen LogP contribution < -0.4 is 5.43 Å². The van der Waals surface area contributed by atoms with Gasteiger partial charge in [0.15, 0.2) is 0 Å².